The highest BCUT2D eigenvalue weighted by atomic mass is 32.1. The third-order valence-corrected chi connectivity index (χ3v) is 13.5. The Kier molecular flexibility index (Phi) is 5.17. The van der Waals surface area contributed by atoms with Gasteiger partial charge in [0, 0.05) is 73.0 Å². The van der Waals surface area contributed by atoms with Crippen LogP contribution in [-0.2, 0) is 0 Å². The minimum absolute atomic E-state index is 0.900. The van der Waals surface area contributed by atoms with Gasteiger partial charge in [-0.25, -0.2) is 0 Å². The summed E-state index contributed by atoms with van der Waals surface area (Å²) in [6, 6.07) is 53.4. The largest absolute Gasteiger partial charge is 0.455 e. The second-order valence-electron chi connectivity index (χ2n) is 13.9. The van der Waals surface area contributed by atoms with Gasteiger partial charge < -0.3 is 8.83 Å². The van der Waals surface area contributed by atoms with Gasteiger partial charge in [0.05, 0.1) is 0 Å². The topological polar surface area (TPSA) is 26.3 Å². The van der Waals surface area contributed by atoms with Crippen LogP contribution in [0.15, 0.2) is 154 Å². The van der Waals surface area contributed by atoms with Crippen molar-refractivity contribution in [1.82, 2.24) is 0 Å². The summed E-state index contributed by atoms with van der Waals surface area (Å²) in [4.78, 5) is 0. The monoisotopic (exact) mass is 696 g/mol. The smallest absolute Gasteiger partial charge is 0.143 e. The van der Waals surface area contributed by atoms with Crippen LogP contribution in [0.2, 0.25) is 0 Å². The van der Waals surface area contributed by atoms with Crippen LogP contribution in [0.4, 0.5) is 0 Å². The zero-order chi connectivity index (χ0) is 33.7. The van der Waals surface area contributed by atoms with Gasteiger partial charge in [0.1, 0.15) is 22.3 Å². The molecule has 2 nitrogen and oxygen atoms in total. The molecule has 0 N–H and O–H groups in total. The Labute approximate surface area is 304 Å². The second kappa shape index (κ2) is 9.77. The van der Waals surface area contributed by atoms with Crippen LogP contribution in [0, 0.1) is 0 Å². The maximum atomic E-state index is 6.91. The SMILES string of the molecule is c1ccc2c(c1)oc1c3c(ccc12)-c1ccc2c(oc4ccccc42)c1-c1cc2sc4ccccc4c2cc1-c1cc2c(cc1-3)sc1ccccc12. The average molecular weight is 697 g/mol. The minimum atomic E-state index is 0.900. The van der Waals surface area contributed by atoms with Crippen LogP contribution in [0.3, 0.4) is 0 Å². The molecule has 0 atom stereocenters. The number of fused-ring (bicyclic) bond motifs is 22. The standard InChI is InChI=1S/C48H24O2S2/c1-5-13-39-25(9-1)31-19-17-29-30-18-20-32-26-10-2-6-14-40(26)50-48(32)46(30)38-24-44-36(28-12-4-8-16-42(28)52-44)22-34(38)33-21-35-27-11-3-7-15-41(27)51-43(35)23-37(33)45(29)47(31)49-39/h1-24H. The molecule has 1 aliphatic carbocycles. The third kappa shape index (κ3) is 3.48. The average Bonchev–Trinajstić information content (AvgIpc) is 3.95. The van der Waals surface area contributed by atoms with Gasteiger partial charge in [-0.3, -0.25) is 0 Å². The van der Waals surface area contributed by atoms with Crippen molar-refractivity contribution >= 4 is 107 Å². The number of furan rings is 2. The number of rotatable bonds is 0. The van der Waals surface area contributed by atoms with Gasteiger partial charge in [0.2, 0.25) is 0 Å². The van der Waals surface area contributed by atoms with Crippen LogP contribution in [0.25, 0.3) is 129 Å². The van der Waals surface area contributed by atoms with E-state index in [1.54, 1.807) is 0 Å². The van der Waals surface area contributed by atoms with Gasteiger partial charge in [0.25, 0.3) is 0 Å². The number of thiophene rings is 2. The lowest BCUT2D eigenvalue weighted by Gasteiger charge is -2.24. The highest BCUT2D eigenvalue weighted by molar-refractivity contribution is 7.26. The van der Waals surface area contributed by atoms with Crippen molar-refractivity contribution in [1.29, 1.82) is 0 Å². The van der Waals surface area contributed by atoms with Gasteiger partial charge in [0.15, 0.2) is 0 Å². The fourth-order valence-electron chi connectivity index (χ4n) is 8.96. The van der Waals surface area contributed by atoms with Crippen molar-refractivity contribution in [3.8, 4) is 44.5 Å². The van der Waals surface area contributed by atoms with E-state index in [1.165, 1.54) is 62.6 Å². The molecular formula is C48H24O2S2. The number of para-hydroxylation sites is 2. The third-order valence-electron chi connectivity index (χ3n) is 11.2. The molecule has 0 amide bonds. The Hall–Kier alpha value is -6.20. The van der Waals surface area contributed by atoms with Crippen molar-refractivity contribution < 1.29 is 8.83 Å². The fourth-order valence-corrected chi connectivity index (χ4v) is 11.2. The lowest BCUT2D eigenvalue weighted by molar-refractivity contribution is 0.669. The molecule has 0 bridgehead atoms. The van der Waals surface area contributed by atoms with E-state index in [4.69, 9.17) is 8.83 Å². The van der Waals surface area contributed by atoms with Crippen molar-refractivity contribution in [2.75, 3.05) is 0 Å². The molecule has 52 heavy (non-hydrogen) atoms. The Balaban J connectivity index is 1.30. The van der Waals surface area contributed by atoms with E-state index in [0.717, 1.165) is 66.1 Å². The Bertz CT molecular complexity index is 3300. The van der Waals surface area contributed by atoms with Crippen LogP contribution in [0.1, 0.15) is 0 Å². The molecule has 4 aromatic heterocycles. The molecule has 0 fully saturated rings. The van der Waals surface area contributed by atoms with Crippen molar-refractivity contribution in [2.24, 2.45) is 0 Å². The highest BCUT2D eigenvalue weighted by Crippen LogP contribution is 2.56. The summed E-state index contributed by atoms with van der Waals surface area (Å²) in [5.74, 6) is 0. The normalized spacial score (nSPS) is 12.6. The first-order valence-electron chi connectivity index (χ1n) is 17.6. The number of hydrogen-bond acceptors (Lipinski definition) is 4. The van der Waals surface area contributed by atoms with Crippen LogP contribution in [-0.4, -0.2) is 0 Å². The maximum Gasteiger partial charge on any atom is 0.143 e. The molecule has 1 aliphatic rings. The molecule has 0 saturated heterocycles. The molecule has 4 heteroatoms. The summed E-state index contributed by atoms with van der Waals surface area (Å²) in [6.45, 7) is 0. The van der Waals surface area contributed by atoms with Gasteiger partial charge in [-0.05, 0) is 94.0 Å². The van der Waals surface area contributed by atoms with Gasteiger partial charge in [-0.15, -0.1) is 22.7 Å². The number of hydrogen-bond donors (Lipinski definition) is 0. The molecule has 0 radical (unpaired) electrons. The molecule has 12 aromatic rings. The molecular weight excluding hydrogens is 673 g/mol. The van der Waals surface area contributed by atoms with Gasteiger partial charge >= 0.3 is 0 Å². The predicted octanol–water partition coefficient (Wildman–Crippen LogP) is 15.2. The summed E-state index contributed by atoms with van der Waals surface area (Å²) in [7, 11) is 0. The maximum absolute atomic E-state index is 6.91. The Morgan fingerprint density at radius 1 is 0.288 bits per heavy atom. The molecule has 0 saturated carbocycles. The van der Waals surface area contributed by atoms with Gasteiger partial charge in [-0.2, -0.15) is 0 Å². The minimum Gasteiger partial charge on any atom is -0.455 e. The Morgan fingerprint density at radius 3 is 1.19 bits per heavy atom. The highest BCUT2D eigenvalue weighted by Gasteiger charge is 2.30. The van der Waals surface area contributed by atoms with E-state index in [0.29, 0.717) is 0 Å². The zero-order valence-corrected chi connectivity index (χ0v) is 29.1. The first-order chi connectivity index (χ1) is 25.8. The van der Waals surface area contributed by atoms with Gasteiger partial charge in [-0.1, -0.05) is 84.9 Å². The summed E-state index contributed by atoms with van der Waals surface area (Å²) >= 11 is 3.73. The van der Waals surface area contributed by atoms with E-state index in [-0.39, 0.29) is 0 Å². The van der Waals surface area contributed by atoms with Crippen molar-refractivity contribution in [2.45, 2.75) is 0 Å². The lowest BCUT2D eigenvalue weighted by Crippen LogP contribution is -1.98. The van der Waals surface area contributed by atoms with E-state index >= 15 is 0 Å². The molecule has 4 heterocycles. The lowest BCUT2D eigenvalue weighted by atomic mass is 9.79. The zero-order valence-electron chi connectivity index (χ0n) is 27.5. The summed E-state index contributed by atoms with van der Waals surface area (Å²) < 4.78 is 19.0. The van der Waals surface area contributed by atoms with E-state index in [1.807, 2.05) is 22.7 Å². The predicted molar refractivity (Wildman–Crippen MR) is 222 cm³/mol. The summed E-state index contributed by atoms with van der Waals surface area (Å²) in [5.41, 5.74) is 13.0. The molecule has 8 aromatic carbocycles. The summed E-state index contributed by atoms with van der Waals surface area (Å²) in [5, 5.41) is 9.66. The second-order valence-corrected chi connectivity index (χ2v) is 16.1. The van der Waals surface area contributed by atoms with E-state index in [2.05, 4.69) is 146 Å². The number of benzene rings is 8. The van der Waals surface area contributed by atoms with Crippen LogP contribution < -0.4 is 0 Å². The van der Waals surface area contributed by atoms with Crippen molar-refractivity contribution in [3.63, 3.8) is 0 Å². The Morgan fingerprint density at radius 2 is 0.712 bits per heavy atom. The molecule has 0 unspecified atom stereocenters. The molecule has 0 spiro atoms. The molecule has 13 rings (SSSR count). The first-order valence-corrected chi connectivity index (χ1v) is 19.2. The van der Waals surface area contributed by atoms with Crippen molar-refractivity contribution in [3.05, 3.63) is 146 Å². The molecule has 240 valence electrons. The van der Waals surface area contributed by atoms with Crippen LogP contribution >= 0.6 is 22.7 Å². The van der Waals surface area contributed by atoms with Crippen LogP contribution in [0.5, 0.6) is 0 Å². The first kappa shape index (κ1) is 27.5. The summed E-state index contributed by atoms with van der Waals surface area (Å²) in [6.07, 6.45) is 0. The quantitative estimate of drug-likeness (QED) is 0.158. The fraction of sp³-hybridized carbons (Fsp3) is 0. The van der Waals surface area contributed by atoms with E-state index < -0.39 is 0 Å². The van der Waals surface area contributed by atoms with E-state index in [9.17, 15) is 0 Å². The molecule has 0 aliphatic heterocycles.